The first kappa shape index (κ1) is 24.5. The van der Waals surface area contributed by atoms with Gasteiger partial charge in [0.05, 0.1) is 6.54 Å². The van der Waals surface area contributed by atoms with E-state index in [1.165, 1.54) is 10.5 Å². The second kappa shape index (κ2) is 10.4. The lowest BCUT2D eigenvalue weighted by molar-refractivity contribution is -0.364. The van der Waals surface area contributed by atoms with Crippen molar-refractivity contribution in [3.63, 3.8) is 0 Å². The number of fused-ring (bicyclic) bond motifs is 1. The van der Waals surface area contributed by atoms with Crippen LogP contribution in [0.3, 0.4) is 0 Å². The number of pyridine rings is 1. The lowest BCUT2D eigenvalue weighted by Crippen LogP contribution is -2.31. The van der Waals surface area contributed by atoms with Crippen molar-refractivity contribution in [1.29, 1.82) is 0 Å². The molecular weight excluding hydrogens is 491 g/mol. The molecule has 4 rings (SSSR count). The second-order valence-electron chi connectivity index (χ2n) is 7.92. The van der Waals surface area contributed by atoms with Crippen LogP contribution in [0.5, 0.6) is 0 Å². The summed E-state index contributed by atoms with van der Waals surface area (Å²) in [7, 11) is -3.52. The van der Waals surface area contributed by atoms with Crippen LogP contribution in [-0.4, -0.2) is 37.3 Å². The van der Waals surface area contributed by atoms with Gasteiger partial charge in [0.1, 0.15) is 11.1 Å². The Kier molecular flexibility index (Phi) is 7.48. The van der Waals surface area contributed by atoms with Crippen molar-refractivity contribution in [2.75, 3.05) is 25.0 Å². The summed E-state index contributed by atoms with van der Waals surface area (Å²) in [5.41, 5.74) is 3.10. The van der Waals surface area contributed by atoms with Crippen molar-refractivity contribution in [2.24, 2.45) is 0 Å². The number of hydrogen-bond donors (Lipinski definition) is 2. The molecule has 0 saturated heterocycles. The van der Waals surface area contributed by atoms with Crippen LogP contribution >= 0.6 is 23.2 Å². The van der Waals surface area contributed by atoms with Gasteiger partial charge >= 0.3 is 0 Å². The summed E-state index contributed by atoms with van der Waals surface area (Å²) in [5, 5.41) is 5.69. The summed E-state index contributed by atoms with van der Waals surface area (Å²) in [5.74, 6) is 0.627. The minimum absolute atomic E-state index is 0.0756. The van der Waals surface area contributed by atoms with E-state index < -0.39 is 10.0 Å². The van der Waals surface area contributed by atoms with Crippen LogP contribution in [0.2, 0.25) is 10.0 Å². The zero-order chi connectivity index (χ0) is 24.3. The van der Waals surface area contributed by atoms with Gasteiger partial charge in [-0.3, -0.25) is 5.32 Å². The molecule has 2 aromatic carbocycles. The smallest absolute Gasteiger partial charge is 0.272 e. The predicted molar refractivity (Wildman–Crippen MR) is 138 cm³/mol. The van der Waals surface area contributed by atoms with E-state index in [-0.39, 0.29) is 10.8 Å². The second-order valence-corrected chi connectivity index (χ2v) is 10.7. The monoisotopic (exact) mass is 517 g/mol. The van der Waals surface area contributed by atoms with Gasteiger partial charge in [0.25, 0.3) is 5.82 Å². The van der Waals surface area contributed by atoms with Crippen molar-refractivity contribution in [3.05, 3.63) is 88.2 Å². The summed E-state index contributed by atoms with van der Waals surface area (Å²) in [6.45, 7) is 5.03. The molecule has 6 nitrogen and oxygen atoms in total. The van der Waals surface area contributed by atoms with Crippen LogP contribution in [0.15, 0.2) is 71.9 Å². The lowest BCUT2D eigenvalue weighted by atomic mass is 9.90. The molecule has 4 aromatic rings. The summed E-state index contributed by atoms with van der Waals surface area (Å²) < 4.78 is 26.9. The van der Waals surface area contributed by atoms with Crippen molar-refractivity contribution < 1.29 is 13.4 Å². The van der Waals surface area contributed by atoms with Gasteiger partial charge in [-0.25, -0.2) is 13.4 Å². The third kappa shape index (κ3) is 4.93. The Hall–Kier alpha value is -2.58. The van der Waals surface area contributed by atoms with E-state index >= 15 is 0 Å². The first-order valence-corrected chi connectivity index (χ1v) is 13.3. The molecule has 3 N–H and O–H groups in total. The molecule has 1 atom stereocenters. The fourth-order valence-corrected chi connectivity index (χ4v) is 6.13. The third-order valence-electron chi connectivity index (χ3n) is 5.96. The fraction of sp³-hybridized carbons (Fsp3) is 0.240. The van der Waals surface area contributed by atoms with Crippen molar-refractivity contribution in [3.8, 4) is 0 Å². The summed E-state index contributed by atoms with van der Waals surface area (Å²) in [6, 6.07) is 17.0. The number of nitrogens with zero attached hydrogens (tertiary/aromatic N) is 1. The maximum atomic E-state index is 12.8. The van der Waals surface area contributed by atoms with Crippen LogP contribution in [0, 0.1) is 0 Å². The molecule has 0 spiro atoms. The van der Waals surface area contributed by atoms with Crippen molar-refractivity contribution in [2.45, 2.75) is 24.7 Å². The van der Waals surface area contributed by atoms with E-state index in [9.17, 15) is 8.42 Å². The molecule has 34 heavy (non-hydrogen) atoms. The number of benzene rings is 2. The van der Waals surface area contributed by atoms with Gasteiger partial charge < -0.3 is 4.98 Å². The number of anilines is 1. The summed E-state index contributed by atoms with van der Waals surface area (Å²) >= 11 is 12.7. The van der Waals surface area contributed by atoms with E-state index in [0.717, 1.165) is 22.0 Å². The van der Waals surface area contributed by atoms with Gasteiger partial charge in [-0.05, 0) is 35.4 Å². The quantitative estimate of drug-likeness (QED) is 0.304. The molecule has 0 aliphatic rings. The molecule has 0 amide bonds. The molecule has 0 radical (unpaired) electrons. The highest BCUT2D eigenvalue weighted by Gasteiger charge is 2.25. The highest BCUT2D eigenvalue weighted by molar-refractivity contribution is 7.89. The Morgan fingerprint density at radius 1 is 1.03 bits per heavy atom. The van der Waals surface area contributed by atoms with Gasteiger partial charge in [0.15, 0.2) is 0 Å². The molecule has 0 aliphatic heterocycles. The molecule has 0 aliphatic carbocycles. The Labute approximate surface area is 210 Å². The fourth-order valence-electron chi connectivity index (χ4n) is 4.16. The standard InChI is InChI=1S/C25H26Cl2N4O2S/c1-3-31(4-2)34(32,33)18-10-12-25(29-14-18)30-16-21(19-11-9-17(26)13-23(19)27)22-15-28-24-8-6-5-7-20(22)24/h5-15,21,28H,3-4,16H2,1-2H3,(H,29,30)/p+1/t21-/m0/s1. The molecule has 2 aromatic heterocycles. The van der Waals surface area contributed by atoms with Crippen LogP contribution in [0.4, 0.5) is 5.82 Å². The summed E-state index contributed by atoms with van der Waals surface area (Å²) in [4.78, 5) is 6.65. The highest BCUT2D eigenvalue weighted by atomic mass is 35.5. The summed E-state index contributed by atoms with van der Waals surface area (Å²) in [6.07, 6.45) is 3.53. The number of para-hydroxylation sites is 1. The number of sulfonamides is 1. The van der Waals surface area contributed by atoms with Gasteiger partial charge in [0, 0.05) is 52.2 Å². The Morgan fingerprint density at radius 2 is 1.79 bits per heavy atom. The average molecular weight is 518 g/mol. The normalized spacial score (nSPS) is 12.9. The molecule has 178 valence electrons. The number of nitrogens with one attached hydrogen (secondary N) is 3. The Bertz CT molecular complexity index is 1380. The predicted octanol–water partition coefficient (Wildman–Crippen LogP) is 5.56. The average Bonchev–Trinajstić information content (AvgIpc) is 3.25. The van der Waals surface area contributed by atoms with Gasteiger partial charge in [0.2, 0.25) is 10.0 Å². The molecule has 9 heteroatoms. The van der Waals surface area contributed by atoms with Crippen LogP contribution in [0.1, 0.15) is 30.9 Å². The van der Waals surface area contributed by atoms with Gasteiger partial charge in [-0.15, -0.1) is 0 Å². The van der Waals surface area contributed by atoms with Crippen molar-refractivity contribution >= 4 is 49.9 Å². The number of H-pyrrole nitrogens is 2. The molecule has 0 saturated carbocycles. The Morgan fingerprint density at radius 3 is 2.47 bits per heavy atom. The van der Waals surface area contributed by atoms with Crippen LogP contribution in [-0.2, 0) is 10.0 Å². The number of aromatic nitrogens is 2. The number of rotatable bonds is 9. The molecule has 2 heterocycles. The SMILES string of the molecule is CCN(CC)S(=O)(=O)c1ccc(NC[C@@H](c2ccc(Cl)cc2Cl)c2c[nH]c3ccccc23)[nH+]c1. The van der Waals surface area contributed by atoms with E-state index in [1.54, 1.807) is 18.2 Å². The molecule has 0 fully saturated rings. The number of aromatic amines is 2. The van der Waals surface area contributed by atoms with E-state index in [4.69, 9.17) is 23.2 Å². The minimum atomic E-state index is -3.52. The van der Waals surface area contributed by atoms with Crippen LogP contribution < -0.4 is 10.3 Å². The van der Waals surface area contributed by atoms with Gasteiger partial charge in [-0.2, -0.15) is 4.31 Å². The first-order valence-electron chi connectivity index (χ1n) is 11.1. The first-order chi connectivity index (χ1) is 16.3. The maximum Gasteiger partial charge on any atom is 0.272 e. The highest BCUT2D eigenvalue weighted by Crippen LogP contribution is 2.35. The van der Waals surface area contributed by atoms with Gasteiger partial charge in [-0.1, -0.05) is 61.3 Å². The van der Waals surface area contributed by atoms with Crippen molar-refractivity contribution in [1.82, 2.24) is 9.29 Å². The van der Waals surface area contributed by atoms with E-state index in [1.807, 2.05) is 50.4 Å². The Balaban J connectivity index is 1.63. The zero-order valence-electron chi connectivity index (χ0n) is 19.0. The number of halogens is 2. The molecule has 0 unspecified atom stereocenters. The largest absolute Gasteiger partial charge is 0.361 e. The topological polar surface area (TPSA) is 79.3 Å². The zero-order valence-corrected chi connectivity index (χ0v) is 21.3. The lowest BCUT2D eigenvalue weighted by Gasteiger charge is -2.18. The van der Waals surface area contributed by atoms with E-state index in [0.29, 0.717) is 35.5 Å². The number of hydrogen-bond acceptors (Lipinski definition) is 3. The van der Waals surface area contributed by atoms with E-state index in [2.05, 4.69) is 21.4 Å². The minimum Gasteiger partial charge on any atom is -0.361 e. The third-order valence-corrected chi connectivity index (χ3v) is 8.57. The molecule has 0 bridgehead atoms. The maximum absolute atomic E-state index is 12.8. The van der Waals surface area contributed by atoms with Crippen LogP contribution in [0.25, 0.3) is 10.9 Å². The molecular formula is C25H27Cl2N4O2S+.